The molecule has 2 aromatic rings. The molecule has 0 N–H and O–H groups in total. The van der Waals surface area contributed by atoms with E-state index in [2.05, 4.69) is 86.6 Å². The molecule has 2 aliphatic rings. The van der Waals surface area contributed by atoms with Crippen LogP contribution < -0.4 is 9.64 Å². The molecular weight excluding hydrogens is 532 g/mol. The van der Waals surface area contributed by atoms with Crippen molar-refractivity contribution in [1.82, 2.24) is 0 Å². The van der Waals surface area contributed by atoms with Crippen molar-refractivity contribution in [2.45, 2.75) is 92.2 Å². The highest BCUT2D eigenvalue weighted by Crippen LogP contribution is 2.45. The molecule has 4 heteroatoms. The monoisotopic (exact) mass is 580 g/mol. The van der Waals surface area contributed by atoms with E-state index in [1.807, 2.05) is 24.4 Å². The van der Waals surface area contributed by atoms with Crippen molar-refractivity contribution < 1.29 is 4.74 Å². The van der Waals surface area contributed by atoms with Gasteiger partial charge in [0.05, 0.1) is 7.11 Å². The number of halogens is 1. The van der Waals surface area contributed by atoms with Gasteiger partial charge >= 0.3 is 0 Å². The van der Waals surface area contributed by atoms with E-state index in [4.69, 9.17) is 9.73 Å². The summed E-state index contributed by atoms with van der Waals surface area (Å²) < 4.78 is 6.51. The lowest BCUT2D eigenvalue weighted by atomic mass is 9.69. The maximum absolute atomic E-state index is 5.51. The third kappa shape index (κ3) is 6.84. The van der Waals surface area contributed by atoms with E-state index in [9.17, 15) is 0 Å². The summed E-state index contributed by atoms with van der Waals surface area (Å²) in [5.74, 6) is 5.29. The van der Waals surface area contributed by atoms with Gasteiger partial charge in [-0.15, -0.1) is 0 Å². The van der Waals surface area contributed by atoms with Crippen molar-refractivity contribution in [3.8, 4) is 5.75 Å². The van der Waals surface area contributed by atoms with Crippen molar-refractivity contribution in [2.24, 2.45) is 40.5 Å². The molecule has 0 aromatic heterocycles. The Hall–Kier alpha value is -1.81. The van der Waals surface area contributed by atoms with Crippen molar-refractivity contribution in [2.75, 3.05) is 12.0 Å². The van der Waals surface area contributed by atoms with Gasteiger partial charge < -0.3 is 9.64 Å². The molecule has 4 rings (SSSR count). The largest absolute Gasteiger partial charge is 0.494 e. The van der Waals surface area contributed by atoms with E-state index >= 15 is 0 Å². The number of nitrogens with zero attached hydrogens (tertiary/aromatic N) is 2. The maximum atomic E-state index is 5.51. The summed E-state index contributed by atoms with van der Waals surface area (Å²) in [6, 6.07) is 16.4. The lowest BCUT2D eigenvalue weighted by molar-refractivity contribution is 0.136. The minimum absolute atomic E-state index is 0.612. The highest BCUT2D eigenvalue weighted by molar-refractivity contribution is 9.10. The molecule has 6 atom stereocenters. The smallest absolute Gasteiger partial charge is 0.144 e. The molecule has 0 bridgehead atoms. The predicted molar refractivity (Wildman–Crippen MR) is 167 cm³/mol. The van der Waals surface area contributed by atoms with Crippen LogP contribution in [0.2, 0.25) is 0 Å². The minimum Gasteiger partial charge on any atom is -0.494 e. The molecular formula is C34H49BrN2O. The number of hydrogen-bond donors (Lipinski definition) is 0. The average Bonchev–Trinajstić information content (AvgIpc) is 2.88. The predicted octanol–water partition coefficient (Wildman–Crippen LogP) is 9.94. The second kappa shape index (κ2) is 13.0. The summed E-state index contributed by atoms with van der Waals surface area (Å²) in [7, 11) is 1.69. The molecule has 208 valence electrons. The van der Waals surface area contributed by atoms with E-state index in [1.165, 1.54) is 44.2 Å². The molecule has 2 aliphatic carbocycles. The first kappa shape index (κ1) is 29.2. The first-order valence-electron chi connectivity index (χ1n) is 14.9. The van der Waals surface area contributed by atoms with Gasteiger partial charge in [0.15, 0.2) is 0 Å². The quantitative estimate of drug-likeness (QED) is 0.290. The second-order valence-electron chi connectivity index (χ2n) is 12.9. The number of anilines is 1. The van der Waals surface area contributed by atoms with Gasteiger partial charge in [-0.1, -0.05) is 82.4 Å². The molecule has 0 radical (unpaired) electrons. The van der Waals surface area contributed by atoms with Crippen LogP contribution in [0.4, 0.5) is 11.4 Å². The fourth-order valence-corrected chi connectivity index (χ4v) is 7.56. The van der Waals surface area contributed by atoms with Gasteiger partial charge in [0.1, 0.15) is 11.4 Å². The fourth-order valence-electron chi connectivity index (χ4n) is 7.21. The van der Waals surface area contributed by atoms with E-state index < -0.39 is 0 Å². The van der Waals surface area contributed by atoms with Crippen LogP contribution in [0.15, 0.2) is 51.9 Å². The zero-order valence-electron chi connectivity index (χ0n) is 24.7. The highest BCUT2D eigenvalue weighted by atomic mass is 79.9. The van der Waals surface area contributed by atoms with Gasteiger partial charge in [0.2, 0.25) is 0 Å². The van der Waals surface area contributed by atoms with Crippen molar-refractivity contribution in [3.63, 3.8) is 0 Å². The molecule has 2 saturated carbocycles. The van der Waals surface area contributed by atoms with Crippen molar-refractivity contribution in [1.29, 1.82) is 0 Å². The third-order valence-electron chi connectivity index (χ3n) is 9.37. The zero-order chi connectivity index (χ0) is 27.4. The van der Waals surface area contributed by atoms with Crippen LogP contribution in [0.1, 0.15) is 85.6 Å². The topological polar surface area (TPSA) is 24.8 Å². The molecule has 38 heavy (non-hydrogen) atoms. The number of benzene rings is 2. The molecule has 0 amide bonds. The number of rotatable bonds is 8. The number of hydrogen-bond acceptors (Lipinski definition) is 3. The van der Waals surface area contributed by atoms with Gasteiger partial charge in [-0.3, -0.25) is 4.99 Å². The zero-order valence-corrected chi connectivity index (χ0v) is 26.2. The summed E-state index contributed by atoms with van der Waals surface area (Å²) in [5, 5.41) is 0. The Labute approximate surface area is 240 Å². The van der Waals surface area contributed by atoms with Crippen molar-refractivity contribution >= 4 is 33.5 Å². The lowest BCUT2D eigenvalue weighted by Gasteiger charge is -2.53. The Balaban J connectivity index is 1.69. The summed E-state index contributed by atoms with van der Waals surface area (Å²) >= 11 is 3.56. The Kier molecular flexibility index (Phi) is 10.0. The average molecular weight is 582 g/mol. The molecule has 3 nitrogen and oxygen atoms in total. The summed E-state index contributed by atoms with van der Waals surface area (Å²) in [5.41, 5.74) is 3.35. The van der Waals surface area contributed by atoms with Crippen LogP contribution >= 0.6 is 15.9 Å². The van der Waals surface area contributed by atoms with Crippen LogP contribution in [0.3, 0.4) is 0 Å². The summed E-state index contributed by atoms with van der Waals surface area (Å²) in [6.45, 7) is 14.7. The first-order valence-corrected chi connectivity index (χ1v) is 15.7. The Bertz CT molecular complexity index is 1030. The Morgan fingerprint density at radius 1 is 0.842 bits per heavy atom. The normalized spacial score (nSPS) is 28.3. The first-order chi connectivity index (χ1) is 18.2. The van der Waals surface area contributed by atoms with Gasteiger partial charge in [-0.05, 0) is 97.1 Å². The molecule has 0 aliphatic heterocycles. The van der Waals surface area contributed by atoms with Crippen LogP contribution in [0.5, 0.6) is 5.75 Å². The summed E-state index contributed by atoms with van der Waals surface area (Å²) in [6.07, 6.45) is 10.0. The summed E-state index contributed by atoms with van der Waals surface area (Å²) in [4.78, 5) is 7.69. The molecule has 6 unspecified atom stereocenters. The number of aliphatic imine (C=N–C) groups is 1. The fraction of sp³-hybridized carbons (Fsp3) is 0.618. The standard InChI is InChI=1S/C34H49BrN2O/c1-22(2)29-15-8-24(5)18-32(29)37(33-19-25(6)9-16-30(33)23(3)4)28-13-10-26(11-14-28)21-36-31-20-27(35)12-17-34(31)38-7/h10-14,17,20-25,29-30,32-33H,8-9,15-16,18-19H2,1-7H3. The van der Waals surface area contributed by atoms with E-state index in [0.29, 0.717) is 23.9 Å². The second-order valence-corrected chi connectivity index (χ2v) is 13.8. The minimum atomic E-state index is 0.612. The molecule has 0 heterocycles. The molecule has 0 spiro atoms. The van der Waals surface area contributed by atoms with Gasteiger partial charge in [0.25, 0.3) is 0 Å². The molecule has 0 saturated heterocycles. The van der Waals surface area contributed by atoms with Crippen molar-refractivity contribution in [3.05, 3.63) is 52.5 Å². The van der Waals surface area contributed by atoms with E-state index in [1.54, 1.807) is 7.11 Å². The molecule has 2 aromatic carbocycles. The number of ether oxygens (including phenoxy) is 1. The third-order valence-corrected chi connectivity index (χ3v) is 9.87. The van der Waals surface area contributed by atoms with E-state index in [0.717, 1.165) is 45.1 Å². The number of methoxy groups -OCH3 is 1. The van der Waals surface area contributed by atoms with Crippen LogP contribution in [-0.2, 0) is 0 Å². The Morgan fingerprint density at radius 3 is 1.89 bits per heavy atom. The van der Waals surface area contributed by atoms with Gasteiger partial charge in [-0.25, -0.2) is 0 Å². The van der Waals surface area contributed by atoms with Gasteiger partial charge in [-0.2, -0.15) is 0 Å². The van der Waals surface area contributed by atoms with Crippen LogP contribution in [0, 0.1) is 35.5 Å². The molecule has 2 fully saturated rings. The Morgan fingerprint density at radius 2 is 1.39 bits per heavy atom. The SMILES string of the molecule is COc1ccc(Br)cc1N=Cc1ccc(N(C2CC(C)CCC2C(C)C)C2CC(C)CCC2C(C)C)cc1. The van der Waals surface area contributed by atoms with Crippen LogP contribution in [-0.4, -0.2) is 25.4 Å². The van der Waals surface area contributed by atoms with Gasteiger partial charge in [0, 0.05) is 28.5 Å². The highest BCUT2D eigenvalue weighted by Gasteiger charge is 2.42. The van der Waals surface area contributed by atoms with Crippen LogP contribution in [0.25, 0.3) is 0 Å². The lowest BCUT2D eigenvalue weighted by Crippen LogP contribution is -2.55. The van der Waals surface area contributed by atoms with E-state index in [-0.39, 0.29) is 0 Å². The maximum Gasteiger partial charge on any atom is 0.144 e.